The Labute approximate surface area is 139 Å². The average molecular weight is 318 g/mol. The highest BCUT2D eigenvalue weighted by Crippen LogP contribution is 2.28. The monoisotopic (exact) mass is 318 g/mol. The van der Waals surface area contributed by atoms with Crippen LogP contribution >= 0.6 is 0 Å². The van der Waals surface area contributed by atoms with Gasteiger partial charge in [0.2, 0.25) is 0 Å². The van der Waals surface area contributed by atoms with Crippen molar-refractivity contribution in [2.45, 2.75) is 20.4 Å². The van der Waals surface area contributed by atoms with E-state index in [4.69, 9.17) is 15.2 Å². The van der Waals surface area contributed by atoms with Crippen molar-refractivity contribution < 1.29 is 4.52 Å². The molecule has 0 unspecified atom stereocenters. The van der Waals surface area contributed by atoms with Crippen LogP contribution in [0.5, 0.6) is 0 Å². The molecule has 0 radical (unpaired) electrons. The van der Waals surface area contributed by atoms with Crippen LogP contribution in [-0.4, -0.2) is 14.7 Å². The first-order chi connectivity index (χ1) is 11.6. The van der Waals surface area contributed by atoms with Gasteiger partial charge in [-0.05, 0) is 38.1 Å². The minimum Gasteiger partial charge on any atom is -0.399 e. The molecule has 0 fully saturated rings. The van der Waals surface area contributed by atoms with E-state index in [0.29, 0.717) is 6.54 Å². The Bertz CT molecular complexity index is 1010. The van der Waals surface area contributed by atoms with E-state index in [-0.39, 0.29) is 0 Å². The lowest BCUT2D eigenvalue weighted by Crippen LogP contribution is -2.04. The van der Waals surface area contributed by atoms with Crippen molar-refractivity contribution in [2.24, 2.45) is 0 Å². The van der Waals surface area contributed by atoms with Crippen LogP contribution in [0, 0.1) is 13.8 Å². The molecule has 0 saturated heterocycles. The highest BCUT2D eigenvalue weighted by Gasteiger charge is 2.16. The SMILES string of the molecule is Cc1noc(C)c1Cn1c(-c2cccc(N)c2)nc2ccccc21. The Kier molecular flexibility index (Phi) is 3.34. The summed E-state index contributed by atoms with van der Waals surface area (Å²) in [6.45, 7) is 4.56. The van der Waals surface area contributed by atoms with Crippen LogP contribution in [0.2, 0.25) is 0 Å². The minimum absolute atomic E-state index is 0.659. The van der Waals surface area contributed by atoms with Crippen molar-refractivity contribution in [1.82, 2.24) is 14.7 Å². The minimum atomic E-state index is 0.659. The molecule has 0 bridgehead atoms. The Balaban J connectivity index is 1.94. The molecule has 2 N–H and O–H groups in total. The van der Waals surface area contributed by atoms with Crippen molar-refractivity contribution in [3.05, 3.63) is 65.5 Å². The van der Waals surface area contributed by atoms with Gasteiger partial charge in [-0.2, -0.15) is 0 Å². The predicted octanol–water partition coefficient (Wildman–Crippen LogP) is 3.94. The zero-order valence-corrected chi connectivity index (χ0v) is 13.7. The van der Waals surface area contributed by atoms with Crippen LogP contribution in [0.15, 0.2) is 53.1 Å². The van der Waals surface area contributed by atoms with E-state index in [1.807, 2.05) is 56.3 Å². The zero-order valence-electron chi connectivity index (χ0n) is 13.7. The first-order valence-electron chi connectivity index (χ1n) is 7.86. The number of imidazole rings is 1. The summed E-state index contributed by atoms with van der Waals surface area (Å²) in [5.41, 5.74) is 11.7. The molecule has 24 heavy (non-hydrogen) atoms. The molecule has 2 heterocycles. The van der Waals surface area contributed by atoms with Crippen molar-refractivity contribution in [3.63, 3.8) is 0 Å². The number of para-hydroxylation sites is 2. The molecule has 0 saturated carbocycles. The molecule has 2 aromatic carbocycles. The summed E-state index contributed by atoms with van der Waals surface area (Å²) in [4.78, 5) is 4.82. The Morgan fingerprint density at radius 2 is 1.92 bits per heavy atom. The topological polar surface area (TPSA) is 69.9 Å². The second kappa shape index (κ2) is 5.53. The second-order valence-electron chi connectivity index (χ2n) is 5.94. The van der Waals surface area contributed by atoms with Gasteiger partial charge in [0.15, 0.2) is 0 Å². The molecule has 4 aromatic rings. The van der Waals surface area contributed by atoms with Gasteiger partial charge in [-0.3, -0.25) is 0 Å². The highest BCUT2D eigenvalue weighted by atomic mass is 16.5. The summed E-state index contributed by atoms with van der Waals surface area (Å²) < 4.78 is 7.51. The standard InChI is InChI=1S/C19H18N4O/c1-12-16(13(2)24-22-12)11-23-18-9-4-3-8-17(18)21-19(23)14-6-5-7-15(20)10-14/h3-10H,11,20H2,1-2H3. The molecule has 4 rings (SSSR count). The molecule has 2 aromatic heterocycles. The number of rotatable bonds is 3. The molecule has 0 aliphatic heterocycles. The maximum atomic E-state index is 5.96. The van der Waals surface area contributed by atoms with Crippen molar-refractivity contribution in [3.8, 4) is 11.4 Å². The molecule has 5 nitrogen and oxygen atoms in total. The molecule has 0 amide bonds. The van der Waals surface area contributed by atoms with Crippen LogP contribution < -0.4 is 5.73 Å². The number of anilines is 1. The highest BCUT2D eigenvalue weighted by molar-refractivity contribution is 5.81. The number of fused-ring (bicyclic) bond motifs is 1. The molecule has 0 aliphatic rings. The second-order valence-corrected chi connectivity index (χ2v) is 5.94. The van der Waals surface area contributed by atoms with Gasteiger partial charge in [0.05, 0.1) is 23.3 Å². The third-order valence-electron chi connectivity index (χ3n) is 4.30. The van der Waals surface area contributed by atoms with Crippen molar-refractivity contribution >= 4 is 16.7 Å². The molecule has 5 heteroatoms. The maximum Gasteiger partial charge on any atom is 0.141 e. The fourth-order valence-electron chi connectivity index (χ4n) is 3.02. The van der Waals surface area contributed by atoms with Crippen LogP contribution in [0.4, 0.5) is 5.69 Å². The lowest BCUT2D eigenvalue weighted by Gasteiger charge is -2.10. The Morgan fingerprint density at radius 3 is 2.67 bits per heavy atom. The number of aromatic nitrogens is 3. The largest absolute Gasteiger partial charge is 0.399 e. The van der Waals surface area contributed by atoms with E-state index in [1.54, 1.807) is 0 Å². The van der Waals surface area contributed by atoms with E-state index in [1.165, 1.54) is 0 Å². The number of hydrogen-bond acceptors (Lipinski definition) is 4. The summed E-state index contributed by atoms with van der Waals surface area (Å²) in [5, 5.41) is 4.06. The number of nitrogens with two attached hydrogens (primary N) is 1. The van der Waals surface area contributed by atoms with E-state index in [9.17, 15) is 0 Å². The third kappa shape index (κ3) is 2.34. The summed E-state index contributed by atoms with van der Waals surface area (Å²) >= 11 is 0. The Morgan fingerprint density at radius 1 is 1.08 bits per heavy atom. The molecule has 0 atom stereocenters. The summed E-state index contributed by atoms with van der Waals surface area (Å²) in [6, 6.07) is 15.9. The third-order valence-corrected chi connectivity index (χ3v) is 4.30. The Hall–Kier alpha value is -3.08. The van der Waals surface area contributed by atoms with Gasteiger partial charge in [-0.25, -0.2) is 4.98 Å². The smallest absolute Gasteiger partial charge is 0.141 e. The van der Waals surface area contributed by atoms with E-state index in [2.05, 4.69) is 15.8 Å². The fraction of sp³-hybridized carbons (Fsp3) is 0.158. The van der Waals surface area contributed by atoms with E-state index < -0.39 is 0 Å². The first kappa shape index (κ1) is 14.5. The molecule has 120 valence electrons. The van der Waals surface area contributed by atoms with Crippen molar-refractivity contribution in [1.29, 1.82) is 0 Å². The van der Waals surface area contributed by atoms with E-state index in [0.717, 1.165) is 45.1 Å². The van der Waals surface area contributed by atoms with Crippen LogP contribution in [-0.2, 0) is 6.54 Å². The first-order valence-corrected chi connectivity index (χ1v) is 7.86. The normalized spacial score (nSPS) is 11.2. The number of hydrogen-bond donors (Lipinski definition) is 1. The average Bonchev–Trinajstić information content (AvgIpc) is 3.10. The van der Waals surface area contributed by atoms with Crippen LogP contribution in [0.25, 0.3) is 22.4 Å². The molecule has 0 aliphatic carbocycles. The summed E-state index contributed by atoms with van der Waals surface area (Å²) in [5.74, 6) is 1.73. The van der Waals surface area contributed by atoms with Crippen molar-refractivity contribution in [2.75, 3.05) is 5.73 Å². The lowest BCUT2D eigenvalue weighted by atomic mass is 10.1. The fourth-order valence-corrected chi connectivity index (χ4v) is 3.02. The zero-order chi connectivity index (χ0) is 16.7. The van der Waals surface area contributed by atoms with Gasteiger partial charge >= 0.3 is 0 Å². The number of nitrogens with zero attached hydrogens (tertiary/aromatic N) is 3. The van der Waals surface area contributed by atoms with Gasteiger partial charge in [-0.15, -0.1) is 0 Å². The number of aryl methyl sites for hydroxylation is 2. The van der Waals surface area contributed by atoms with E-state index >= 15 is 0 Å². The van der Waals surface area contributed by atoms with Crippen LogP contribution in [0.3, 0.4) is 0 Å². The molecular formula is C19H18N4O. The van der Waals surface area contributed by atoms with Gasteiger partial charge in [0.1, 0.15) is 11.6 Å². The van der Waals surface area contributed by atoms with Crippen LogP contribution in [0.1, 0.15) is 17.0 Å². The lowest BCUT2D eigenvalue weighted by molar-refractivity contribution is 0.392. The maximum absolute atomic E-state index is 5.96. The summed E-state index contributed by atoms with van der Waals surface area (Å²) in [6.07, 6.45) is 0. The van der Waals surface area contributed by atoms with Gasteiger partial charge < -0.3 is 14.8 Å². The quantitative estimate of drug-likeness (QED) is 0.581. The van der Waals surface area contributed by atoms with Gasteiger partial charge in [0.25, 0.3) is 0 Å². The number of nitrogen functional groups attached to an aromatic ring is 1. The molecule has 0 spiro atoms. The molecular weight excluding hydrogens is 300 g/mol. The summed E-state index contributed by atoms with van der Waals surface area (Å²) in [7, 11) is 0. The number of benzene rings is 2. The predicted molar refractivity (Wildman–Crippen MR) is 94.7 cm³/mol. The van der Waals surface area contributed by atoms with Gasteiger partial charge in [0, 0.05) is 16.8 Å². The van der Waals surface area contributed by atoms with Gasteiger partial charge in [-0.1, -0.05) is 29.4 Å².